The Hall–Kier alpha value is -0.350. The van der Waals surface area contributed by atoms with Crippen molar-refractivity contribution >= 4 is 38.1 Å². The molecule has 72 valence electrons. The molecule has 1 aromatic rings. The topological polar surface area (TPSA) is 20.3 Å². The van der Waals surface area contributed by atoms with Crippen LogP contribution in [0.2, 0.25) is 0 Å². The minimum Gasteiger partial charge on any atom is -0.366 e. The van der Waals surface area contributed by atoms with Gasteiger partial charge in [-0.3, -0.25) is 4.79 Å². The quantitative estimate of drug-likeness (QED) is 0.831. The summed E-state index contributed by atoms with van der Waals surface area (Å²) in [4.78, 5) is 12.8. The second kappa shape index (κ2) is 4.77. The second-order valence-corrected chi connectivity index (χ2v) is 5.39. The number of rotatable bonds is 4. The van der Waals surface area contributed by atoms with E-state index in [2.05, 4.69) is 26.9 Å². The second-order valence-electron chi connectivity index (χ2n) is 2.95. The number of carbonyl (C=O) groups excluding carboxylic acids is 1. The van der Waals surface area contributed by atoms with Gasteiger partial charge in [0.15, 0.2) is 0 Å². The maximum absolute atomic E-state index is 10.8. The Kier molecular flexibility index (Phi) is 3.93. The van der Waals surface area contributed by atoms with E-state index in [1.165, 1.54) is 5.00 Å². The maximum Gasteiger partial charge on any atom is 0.131 e. The van der Waals surface area contributed by atoms with Crippen molar-refractivity contribution in [2.24, 2.45) is 0 Å². The molecular formula is C9H12BrNOS. The number of carbonyl (C=O) groups is 1. The summed E-state index contributed by atoms with van der Waals surface area (Å²) >= 11 is 5.08. The zero-order valence-corrected chi connectivity index (χ0v) is 10.1. The number of hydrogen-bond donors (Lipinski definition) is 0. The van der Waals surface area contributed by atoms with E-state index >= 15 is 0 Å². The van der Waals surface area contributed by atoms with Gasteiger partial charge in [-0.1, -0.05) is 0 Å². The fourth-order valence-electron chi connectivity index (χ4n) is 0.945. The van der Waals surface area contributed by atoms with E-state index in [-0.39, 0.29) is 5.78 Å². The number of nitrogens with zero attached hydrogens (tertiary/aromatic N) is 1. The zero-order valence-electron chi connectivity index (χ0n) is 7.71. The Balaban J connectivity index is 2.48. The predicted octanol–water partition coefficient (Wildman–Crippen LogP) is 2.93. The van der Waals surface area contributed by atoms with Gasteiger partial charge in [-0.05, 0) is 35.0 Å². The highest BCUT2D eigenvalue weighted by Crippen LogP contribution is 2.28. The fraction of sp³-hybridized carbons (Fsp3) is 0.444. The van der Waals surface area contributed by atoms with Crippen molar-refractivity contribution in [1.82, 2.24) is 0 Å². The van der Waals surface area contributed by atoms with Crippen LogP contribution in [0.15, 0.2) is 15.9 Å². The molecule has 0 radical (unpaired) electrons. The van der Waals surface area contributed by atoms with Crippen molar-refractivity contribution in [3.05, 3.63) is 15.9 Å². The molecule has 0 fully saturated rings. The van der Waals surface area contributed by atoms with Gasteiger partial charge in [-0.25, -0.2) is 0 Å². The van der Waals surface area contributed by atoms with E-state index in [4.69, 9.17) is 0 Å². The Bertz CT molecular complexity index is 298. The van der Waals surface area contributed by atoms with Gasteiger partial charge in [-0.2, -0.15) is 0 Å². The lowest BCUT2D eigenvalue weighted by molar-refractivity contribution is -0.116. The standard InChI is InChI=1S/C9H12BrNOS/c1-7(12)5-6-11(2)9-4-3-8(10)13-9/h3-4H,5-6H2,1-2H3. The first-order valence-corrected chi connectivity index (χ1v) is 5.66. The first-order chi connectivity index (χ1) is 6.09. The number of Topliss-reactive ketones (excluding diaryl/α,β-unsaturated/α-hetero) is 1. The van der Waals surface area contributed by atoms with Crippen LogP contribution in [0.1, 0.15) is 13.3 Å². The summed E-state index contributed by atoms with van der Waals surface area (Å²) in [6.45, 7) is 2.42. The van der Waals surface area contributed by atoms with E-state index < -0.39 is 0 Å². The van der Waals surface area contributed by atoms with Crippen molar-refractivity contribution in [1.29, 1.82) is 0 Å². The smallest absolute Gasteiger partial charge is 0.131 e. The van der Waals surface area contributed by atoms with E-state index in [9.17, 15) is 4.79 Å². The zero-order chi connectivity index (χ0) is 9.84. The predicted molar refractivity (Wildman–Crippen MR) is 60.6 cm³/mol. The molecule has 1 heterocycles. The summed E-state index contributed by atoms with van der Waals surface area (Å²) in [5.41, 5.74) is 0. The van der Waals surface area contributed by atoms with Crippen LogP contribution in [0.3, 0.4) is 0 Å². The van der Waals surface area contributed by atoms with Crippen LogP contribution in [-0.2, 0) is 4.79 Å². The van der Waals surface area contributed by atoms with Gasteiger partial charge in [0.05, 0.1) is 8.79 Å². The molecule has 13 heavy (non-hydrogen) atoms. The summed E-state index contributed by atoms with van der Waals surface area (Å²) in [6.07, 6.45) is 0.617. The number of halogens is 1. The molecule has 0 saturated carbocycles. The molecule has 1 aromatic heterocycles. The Morgan fingerprint density at radius 3 is 2.77 bits per heavy atom. The minimum atomic E-state index is 0.238. The molecule has 0 bridgehead atoms. The molecule has 0 aliphatic rings. The molecule has 0 amide bonds. The molecule has 1 rings (SSSR count). The van der Waals surface area contributed by atoms with Crippen LogP contribution in [0, 0.1) is 0 Å². The van der Waals surface area contributed by atoms with Gasteiger partial charge in [0.2, 0.25) is 0 Å². The Morgan fingerprint density at radius 1 is 1.62 bits per heavy atom. The molecule has 0 N–H and O–H groups in total. The molecule has 4 heteroatoms. The van der Waals surface area contributed by atoms with Crippen LogP contribution in [-0.4, -0.2) is 19.4 Å². The van der Waals surface area contributed by atoms with Gasteiger partial charge in [0.25, 0.3) is 0 Å². The number of hydrogen-bond acceptors (Lipinski definition) is 3. The molecule has 0 aliphatic carbocycles. The van der Waals surface area contributed by atoms with E-state index in [1.54, 1.807) is 18.3 Å². The minimum absolute atomic E-state index is 0.238. The van der Waals surface area contributed by atoms with E-state index in [0.717, 1.165) is 10.3 Å². The third kappa shape index (κ3) is 3.48. The highest BCUT2D eigenvalue weighted by Gasteiger charge is 2.04. The number of anilines is 1. The summed E-state index contributed by atoms with van der Waals surface area (Å²) in [5.74, 6) is 0.238. The van der Waals surface area contributed by atoms with Crippen molar-refractivity contribution in [2.45, 2.75) is 13.3 Å². The van der Waals surface area contributed by atoms with Crippen molar-refractivity contribution in [2.75, 3.05) is 18.5 Å². The molecule has 0 atom stereocenters. The summed E-state index contributed by atoms with van der Waals surface area (Å²) in [5, 5.41) is 1.19. The molecule has 0 aliphatic heterocycles. The van der Waals surface area contributed by atoms with Crippen LogP contribution in [0.5, 0.6) is 0 Å². The van der Waals surface area contributed by atoms with Crippen LogP contribution in [0.25, 0.3) is 0 Å². The highest BCUT2D eigenvalue weighted by atomic mass is 79.9. The summed E-state index contributed by atoms with van der Waals surface area (Å²) in [7, 11) is 2.00. The Labute approximate surface area is 90.7 Å². The largest absolute Gasteiger partial charge is 0.366 e. The van der Waals surface area contributed by atoms with E-state index in [1.807, 2.05) is 13.1 Å². The van der Waals surface area contributed by atoms with Gasteiger partial charge < -0.3 is 4.90 Å². The van der Waals surface area contributed by atoms with Gasteiger partial charge in [0, 0.05) is 20.0 Å². The summed E-state index contributed by atoms with van der Waals surface area (Å²) in [6, 6.07) is 4.07. The third-order valence-corrected chi connectivity index (χ3v) is 3.47. The first-order valence-electron chi connectivity index (χ1n) is 4.05. The Morgan fingerprint density at radius 2 is 2.31 bits per heavy atom. The van der Waals surface area contributed by atoms with Crippen LogP contribution < -0.4 is 4.90 Å². The third-order valence-electron chi connectivity index (χ3n) is 1.73. The lowest BCUT2D eigenvalue weighted by atomic mass is 10.3. The lowest BCUT2D eigenvalue weighted by Crippen LogP contribution is -2.19. The molecule has 2 nitrogen and oxygen atoms in total. The van der Waals surface area contributed by atoms with Crippen molar-refractivity contribution in [3.63, 3.8) is 0 Å². The normalized spacial score (nSPS) is 10.1. The average Bonchev–Trinajstić information content (AvgIpc) is 2.47. The van der Waals surface area contributed by atoms with Crippen molar-refractivity contribution in [3.8, 4) is 0 Å². The van der Waals surface area contributed by atoms with Gasteiger partial charge in [0.1, 0.15) is 5.78 Å². The SMILES string of the molecule is CC(=O)CCN(C)c1ccc(Br)s1. The summed E-state index contributed by atoms with van der Waals surface area (Å²) < 4.78 is 1.12. The van der Waals surface area contributed by atoms with E-state index in [0.29, 0.717) is 6.42 Å². The van der Waals surface area contributed by atoms with Gasteiger partial charge in [-0.15, -0.1) is 11.3 Å². The first kappa shape index (κ1) is 10.7. The average molecular weight is 262 g/mol. The fourth-order valence-corrected chi connectivity index (χ4v) is 2.29. The molecule has 0 spiro atoms. The van der Waals surface area contributed by atoms with Crippen LogP contribution in [0.4, 0.5) is 5.00 Å². The molecule has 0 aromatic carbocycles. The molecular weight excluding hydrogens is 250 g/mol. The van der Waals surface area contributed by atoms with Gasteiger partial charge >= 0.3 is 0 Å². The number of ketones is 1. The molecule has 0 unspecified atom stereocenters. The molecule has 0 saturated heterocycles. The maximum atomic E-state index is 10.8. The number of thiophene rings is 1. The van der Waals surface area contributed by atoms with Crippen LogP contribution >= 0.6 is 27.3 Å². The lowest BCUT2D eigenvalue weighted by Gasteiger charge is -2.15. The monoisotopic (exact) mass is 261 g/mol. The van der Waals surface area contributed by atoms with Crippen molar-refractivity contribution < 1.29 is 4.79 Å². The highest BCUT2D eigenvalue weighted by molar-refractivity contribution is 9.11.